The number of rotatable bonds is 1. The van der Waals surface area contributed by atoms with Crippen molar-refractivity contribution < 1.29 is 14.3 Å². The molecule has 94 valence electrons. The first-order valence-corrected chi connectivity index (χ1v) is 6.13. The van der Waals surface area contributed by atoms with Gasteiger partial charge in [-0.1, -0.05) is 19.1 Å². The fourth-order valence-electron chi connectivity index (χ4n) is 3.12. The van der Waals surface area contributed by atoms with Gasteiger partial charge in [0.2, 0.25) is 0 Å². The lowest BCUT2D eigenvalue weighted by Gasteiger charge is -2.31. The van der Waals surface area contributed by atoms with Crippen LogP contribution in [-0.2, 0) is 10.2 Å². The van der Waals surface area contributed by atoms with Crippen molar-refractivity contribution in [3.8, 4) is 11.5 Å². The zero-order chi connectivity index (χ0) is 12.9. The molecule has 3 rings (SSSR count). The van der Waals surface area contributed by atoms with Crippen LogP contribution in [0.3, 0.4) is 0 Å². The Morgan fingerprint density at radius 2 is 2.22 bits per heavy atom. The number of carbonyl (C=O) groups excluding carboxylic acids is 1. The molecule has 1 heterocycles. The molecule has 0 fully saturated rings. The molecular formula is C15H16O3. The number of aryl methyl sites for hydroxylation is 1. The Balaban J connectivity index is 2.24. The second-order valence-corrected chi connectivity index (χ2v) is 5.21. The quantitative estimate of drug-likeness (QED) is 0.761. The van der Waals surface area contributed by atoms with E-state index < -0.39 is 6.10 Å². The first-order valence-electron chi connectivity index (χ1n) is 6.13. The molecule has 1 aliphatic carbocycles. The Morgan fingerprint density at radius 3 is 2.94 bits per heavy atom. The molecule has 1 aliphatic heterocycles. The standard InChI is InChI=1S/C15H16O3/c1-9-6-7-11(17-3)13-12(9)15(2)8-4-5-10(16)14(15)18-13/h4-7,14H,8H2,1-3H3/t14-,15-/m0/s1. The summed E-state index contributed by atoms with van der Waals surface area (Å²) in [5.74, 6) is 1.49. The molecule has 0 N–H and O–H groups in total. The Labute approximate surface area is 106 Å². The highest BCUT2D eigenvalue weighted by atomic mass is 16.5. The SMILES string of the molecule is COc1ccc(C)c2c1O[C@H]1C(=O)C=CC[C@@]21C. The molecule has 0 radical (unpaired) electrons. The third-order valence-electron chi connectivity index (χ3n) is 4.02. The summed E-state index contributed by atoms with van der Waals surface area (Å²) >= 11 is 0. The van der Waals surface area contributed by atoms with Gasteiger partial charge in [-0.25, -0.2) is 0 Å². The molecule has 0 amide bonds. The van der Waals surface area contributed by atoms with E-state index in [0.717, 1.165) is 23.3 Å². The highest BCUT2D eigenvalue weighted by Gasteiger charge is 2.51. The van der Waals surface area contributed by atoms with Crippen LogP contribution in [0.2, 0.25) is 0 Å². The van der Waals surface area contributed by atoms with Gasteiger partial charge in [-0.05, 0) is 31.1 Å². The van der Waals surface area contributed by atoms with E-state index in [0.29, 0.717) is 5.75 Å². The van der Waals surface area contributed by atoms with Crippen molar-refractivity contribution in [2.24, 2.45) is 0 Å². The second kappa shape index (κ2) is 3.61. The number of ketones is 1. The summed E-state index contributed by atoms with van der Waals surface area (Å²) < 4.78 is 11.2. The molecule has 0 spiro atoms. The van der Waals surface area contributed by atoms with Crippen LogP contribution in [0.1, 0.15) is 24.5 Å². The van der Waals surface area contributed by atoms with Crippen molar-refractivity contribution in [1.29, 1.82) is 0 Å². The summed E-state index contributed by atoms with van der Waals surface area (Å²) in [5, 5.41) is 0. The first kappa shape index (κ1) is 11.3. The lowest BCUT2D eigenvalue weighted by molar-refractivity contribution is -0.123. The summed E-state index contributed by atoms with van der Waals surface area (Å²) in [5.41, 5.74) is 2.00. The minimum atomic E-state index is -0.410. The molecule has 2 aliphatic rings. The number of allylic oxidation sites excluding steroid dienone is 1. The third kappa shape index (κ3) is 1.27. The zero-order valence-electron chi connectivity index (χ0n) is 10.8. The van der Waals surface area contributed by atoms with Crippen LogP contribution in [0.25, 0.3) is 0 Å². The lowest BCUT2D eigenvalue weighted by Crippen LogP contribution is -2.43. The van der Waals surface area contributed by atoms with Crippen molar-refractivity contribution in [3.05, 3.63) is 35.4 Å². The van der Waals surface area contributed by atoms with Gasteiger partial charge >= 0.3 is 0 Å². The van der Waals surface area contributed by atoms with E-state index in [4.69, 9.17) is 9.47 Å². The van der Waals surface area contributed by atoms with Crippen LogP contribution in [0.15, 0.2) is 24.3 Å². The number of benzene rings is 1. The normalized spacial score (nSPS) is 28.6. The molecule has 2 atom stereocenters. The van der Waals surface area contributed by atoms with Crippen molar-refractivity contribution in [2.45, 2.75) is 31.8 Å². The largest absolute Gasteiger partial charge is 0.493 e. The molecule has 0 unspecified atom stereocenters. The maximum absolute atomic E-state index is 12.0. The van der Waals surface area contributed by atoms with Crippen LogP contribution in [-0.4, -0.2) is 19.0 Å². The lowest BCUT2D eigenvalue weighted by atomic mass is 9.71. The van der Waals surface area contributed by atoms with E-state index >= 15 is 0 Å². The van der Waals surface area contributed by atoms with Gasteiger partial charge in [0.1, 0.15) is 0 Å². The molecule has 18 heavy (non-hydrogen) atoms. The fourth-order valence-corrected chi connectivity index (χ4v) is 3.12. The molecule has 3 heteroatoms. The molecular weight excluding hydrogens is 228 g/mol. The maximum atomic E-state index is 12.0. The zero-order valence-corrected chi connectivity index (χ0v) is 10.8. The van der Waals surface area contributed by atoms with Crippen LogP contribution in [0.5, 0.6) is 11.5 Å². The van der Waals surface area contributed by atoms with Gasteiger partial charge in [0, 0.05) is 11.0 Å². The number of carbonyl (C=O) groups is 1. The number of hydrogen-bond donors (Lipinski definition) is 0. The highest BCUT2D eigenvalue weighted by molar-refractivity contribution is 5.97. The summed E-state index contributed by atoms with van der Waals surface area (Å²) in [6.07, 6.45) is 3.98. The molecule has 0 saturated carbocycles. The number of hydrogen-bond acceptors (Lipinski definition) is 3. The number of methoxy groups -OCH3 is 1. The predicted molar refractivity (Wildman–Crippen MR) is 68.3 cm³/mol. The third-order valence-corrected chi connectivity index (χ3v) is 4.02. The summed E-state index contributed by atoms with van der Waals surface area (Å²) in [6, 6.07) is 3.92. The van der Waals surface area contributed by atoms with Gasteiger partial charge in [-0.3, -0.25) is 4.79 Å². The van der Waals surface area contributed by atoms with E-state index in [1.165, 1.54) is 0 Å². The Morgan fingerprint density at radius 1 is 1.44 bits per heavy atom. The second-order valence-electron chi connectivity index (χ2n) is 5.21. The van der Waals surface area contributed by atoms with Gasteiger partial charge in [0.05, 0.1) is 7.11 Å². The summed E-state index contributed by atoms with van der Waals surface area (Å²) in [4.78, 5) is 12.0. The van der Waals surface area contributed by atoms with Crippen molar-refractivity contribution in [2.75, 3.05) is 7.11 Å². The Kier molecular flexibility index (Phi) is 2.27. The first-order chi connectivity index (χ1) is 8.58. The van der Waals surface area contributed by atoms with E-state index in [1.54, 1.807) is 13.2 Å². The Bertz CT molecular complexity index is 559. The highest BCUT2D eigenvalue weighted by Crippen LogP contribution is 2.52. The molecule has 3 nitrogen and oxygen atoms in total. The average molecular weight is 244 g/mol. The predicted octanol–water partition coefficient (Wildman–Crippen LogP) is 2.55. The van der Waals surface area contributed by atoms with Crippen molar-refractivity contribution in [1.82, 2.24) is 0 Å². The topological polar surface area (TPSA) is 35.5 Å². The van der Waals surface area contributed by atoms with Crippen LogP contribution >= 0.6 is 0 Å². The van der Waals surface area contributed by atoms with Crippen LogP contribution in [0.4, 0.5) is 0 Å². The van der Waals surface area contributed by atoms with E-state index in [-0.39, 0.29) is 11.2 Å². The molecule has 1 aromatic rings. The van der Waals surface area contributed by atoms with E-state index in [1.807, 2.05) is 18.2 Å². The van der Waals surface area contributed by atoms with E-state index in [9.17, 15) is 4.79 Å². The minimum absolute atomic E-state index is 0.0430. The van der Waals surface area contributed by atoms with Gasteiger partial charge in [0.25, 0.3) is 0 Å². The molecule has 0 saturated heterocycles. The van der Waals surface area contributed by atoms with Gasteiger partial charge in [0.15, 0.2) is 23.4 Å². The van der Waals surface area contributed by atoms with Gasteiger partial charge in [-0.15, -0.1) is 0 Å². The smallest absolute Gasteiger partial charge is 0.196 e. The molecule has 1 aromatic carbocycles. The van der Waals surface area contributed by atoms with Crippen molar-refractivity contribution in [3.63, 3.8) is 0 Å². The van der Waals surface area contributed by atoms with E-state index in [2.05, 4.69) is 13.8 Å². The summed E-state index contributed by atoms with van der Waals surface area (Å²) in [7, 11) is 1.62. The summed E-state index contributed by atoms with van der Waals surface area (Å²) in [6.45, 7) is 4.15. The number of ether oxygens (including phenoxy) is 2. The van der Waals surface area contributed by atoms with Crippen LogP contribution < -0.4 is 9.47 Å². The fraction of sp³-hybridized carbons (Fsp3) is 0.400. The monoisotopic (exact) mass is 244 g/mol. The minimum Gasteiger partial charge on any atom is -0.493 e. The van der Waals surface area contributed by atoms with Gasteiger partial charge in [-0.2, -0.15) is 0 Å². The average Bonchev–Trinajstić information content (AvgIpc) is 2.66. The van der Waals surface area contributed by atoms with Gasteiger partial charge < -0.3 is 9.47 Å². The Hall–Kier alpha value is -1.77. The van der Waals surface area contributed by atoms with Crippen LogP contribution in [0, 0.1) is 6.92 Å². The van der Waals surface area contributed by atoms with Crippen molar-refractivity contribution >= 4 is 5.78 Å². The maximum Gasteiger partial charge on any atom is 0.196 e. The molecule has 0 bridgehead atoms. The molecule has 0 aromatic heterocycles. The number of fused-ring (bicyclic) bond motifs is 3.